The molecule has 70 valence electrons. The zero-order chi connectivity index (χ0) is 9.42. The molecule has 1 fully saturated rings. The van der Waals surface area contributed by atoms with Gasteiger partial charge >= 0.3 is 0 Å². The Morgan fingerprint density at radius 3 is 2.77 bits per heavy atom. The molecule has 2 rings (SSSR count). The Kier molecular flexibility index (Phi) is 1.79. The van der Waals surface area contributed by atoms with Crippen LogP contribution in [0.1, 0.15) is 41.4 Å². The normalized spacial score (nSPS) is 17.0. The van der Waals surface area contributed by atoms with E-state index in [2.05, 4.69) is 10.3 Å². The number of carbonyl (C=O) groups excluding carboxylic acids is 1. The number of rotatable bonds is 2. The first-order valence-electron chi connectivity index (χ1n) is 4.39. The van der Waals surface area contributed by atoms with Crippen LogP contribution >= 0.6 is 0 Å². The van der Waals surface area contributed by atoms with Crippen molar-refractivity contribution in [1.82, 2.24) is 15.0 Å². The van der Waals surface area contributed by atoms with E-state index >= 15 is 0 Å². The molecule has 0 bridgehead atoms. The molecule has 1 amide bonds. The van der Waals surface area contributed by atoms with Gasteiger partial charge in [0.1, 0.15) is 0 Å². The van der Waals surface area contributed by atoms with Gasteiger partial charge in [-0.1, -0.05) is 11.6 Å². The summed E-state index contributed by atoms with van der Waals surface area (Å²) in [5, 5.41) is 7.56. The Morgan fingerprint density at radius 1 is 1.62 bits per heavy atom. The summed E-state index contributed by atoms with van der Waals surface area (Å²) < 4.78 is 1.66. The number of primary amides is 1. The Balaban J connectivity index is 2.39. The van der Waals surface area contributed by atoms with Crippen molar-refractivity contribution in [1.29, 1.82) is 0 Å². The molecule has 2 N–H and O–H groups in total. The van der Waals surface area contributed by atoms with Crippen LogP contribution in [0.25, 0.3) is 0 Å². The molecule has 0 aromatic carbocycles. The van der Waals surface area contributed by atoms with E-state index in [1.54, 1.807) is 11.7 Å². The second-order valence-corrected chi connectivity index (χ2v) is 3.44. The summed E-state index contributed by atoms with van der Waals surface area (Å²) in [6.07, 6.45) is 3.44. The molecule has 0 radical (unpaired) electrons. The van der Waals surface area contributed by atoms with Crippen molar-refractivity contribution in [2.75, 3.05) is 0 Å². The van der Waals surface area contributed by atoms with E-state index in [0.29, 0.717) is 11.6 Å². The van der Waals surface area contributed by atoms with Crippen LogP contribution in [0.3, 0.4) is 0 Å². The summed E-state index contributed by atoms with van der Waals surface area (Å²) in [5.74, 6) is -0.0440. The molecule has 0 unspecified atom stereocenters. The predicted molar refractivity (Wildman–Crippen MR) is 46.1 cm³/mol. The molecular formula is C8H12N4O. The van der Waals surface area contributed by atoms with Gasteiger partial charge in [-0.15, -0.1) is 5.10 Å². The van der Waals surface area contributed by atoms with Crippen LogP contribution in [0.15, 0.2) is 0 Å². The molecule has 0 spiro atoms. The molecular weight excluding hydrogens is 168 g/mol. The largest absolute Gasteiger partial charge is 0.364 e. The van der Waals surface area contributed by atoms with Gasteiger partial charge in [0.15, 0.2) is 5.69 Å². The summed E-state index contributed by atoms with van der Waals surface area (Å²) in [7, 11) is 1.80. The topological polar surface area (TPSA) is 73.8 Å². The van der Waals surface area contributed by atoms with Gasteiger partial charge in [-0.2, -0.15) is 0 Å². The molecule has 1 aromatic rings. The summed E-state index contributed by atoms with van der Waals surface area (Å²) in [5.41, 5.74) is 6.43. The third kappa shape index (κ3) is 1.20. The lowest BCUT2D eigenvalue weighted by molar-refractivity contribution is 0.0993. The Bertz CT molecular complexity index is 340. The van der Waals surface area contributed by atoms with Crippen molar-refractivity contribution in [2.24, 2.45) is 12.8 Å². The van der Waals surface area contributed by atoms with Crippen molar-refractivity contribution in [3.8, 4) is 0 Å². The Morgan fingerprint density at radius 2 is 2.31 bits per heavy atom. The summed E-state index contributed by atoms with van der Waals surface area (Å²) in [6, 6.07) is 0. The summed E-state index contributed by atoms with van der Waals surface area (Å²) in [4.78, 5) is 11.0. The summed E-state index contributed by atoms with van der Waals surface area (Å²) in [6.45, 7) is 0. The van der Waals surface area contributed by atoms with E-state index < -0.39 is 5.91 Å². The van der Waals surface area contributed by atoms with E-state index in [4.69, 9.17) is 5.73 Å². The lowest BCUT2D eigenvalue weighted by atomic mass is 9.82. The molecule has 1 aliphatic rings. The minimum Gasteiger partial charge on any atom is -0.364 e. The predicted octanol–water partition coefficient (Wildman–Crippen LogP) is 0.181. The van der Waals surface area contributed by atoms with E-state index in [-0.39, 0.29) is 0 Å². The smallest absolute Gasteiger partial charge is 0.271 e. The molecule has 0 saturated heterocycles. The molecule has 1 aromatic heterocycles. The highest BCUT2D eigenvalue weighted by atomic mass is 16.1. The van der Waals surface area contributed by atoms with Crippen molar-refractivity contribution < 1.29 is 4.79 Å². The van der Waals surface area contributed by atoms with Crippen molar-refractivity contribution >= 4 is 5.91 Å². The van der Waals surface area contributed by atoms with Crippen molar-refractivity contribution in [3.05, 3.63) is 11.4 Å². The van der Waals surface area contributed by atoms with Crippen LogP contribution < -0.4 is 5.73 Å². The number of hydrogen-bond acceptors (Lipinski definition) is 3. The first-order valence-corrected chi connectivity index (χ1v) is 4.39. The maximum atomic E-state index is 11.0. The number of hydrogen-bond donors (Lipinski definition) is 1. The number of nitrogens with zero attached hydrogens (tertiary/aromatic N) is 3. The van der Waals surface area contributed by atoms with Gasteiger partial charge in [0.05, 0.1) is 5.69 Å². The average Bonchev–Trinajstić information content (AvgIpc) is 2.30. The molecule has 0 aliphatic heterocycles. The first-order chi connectivity index (χ1) is 6.20. The maximum absolute atomic E-state index is 11.0. The standard InChI is InChI=1S/C8H12N4O/c1-12-7(5-3-2-4-5)6(8(9)13)10-11-12/h5H,2-4H2,1H3,(H2,9,13). The highest BCUT2D eigenvalue weighted by Gasteiger charge is 2.28. The maximum Gasteiger partial charge on any atom is 0.271 e. The highest BCUT2D eigenvalue weighted by Crippen LogP contribution is 2.36. The van der Waals surface area contributed by atoms with Crippen LogP contribution in [0.2, 0.25) is 0 Å². The van der Waals surface area contributed by atoms with Gasteiger partial charge in [0.2, 0.25) is 0 Å². The highest BCUT2D eigenvalue weighted by molar-refractivity contribution is 5.91. The fourth-order valence-corrected chi connectivity index (χ4v) is 1.68. The van der Waals surface area contributed by atoms with Gasteiger partial charge in [0, 0.05) is 13.0 Å². The molecule has 5 heteroatoms. The molecule has 1 saturated carbocycles. The number of amides is 1. The van der Waals surface area contributed by atoms with Gasteiger partial charge in [-0.05, 0) is 12.8 Å². The van der Waals surface area contributed by atoms with Crippen molar-refractivity contribution in [2.45, 2.75) is 25.2 Å². The Hall–Kier alpha value is -1.39. The fraction of sp³-hybridized carbons (Fsp3) is 0.625. The lowest BCUT2D eigenvalue weighted by Crippen LogP contribution is -2.20. The third-order valence-corrected chi connectivity index (χ3v) is 2.60. The monoisotopic (exact) mass is 180 g/mol. The minimum absolute atomic E-state index is 0.340. The van der Waals surface area contributed by atoms with Gasteiger partial charge in [-0.25, -0.2) is 0 Å². The van der Waals surface area contributed by atoms with E-state index in [1.165, 1.54) is 6.42 Å². The zero-order valence-electron chi connectivity index (χ0n) is 7.53. The zero-order valence-corrected chi connectivity index (χ0v) is 7.53. The van der Waals surface area contributed by atoms with Crippen LogP contribution in [-0.4, -0.2) is 20.9 Å². The Labute approximate surface area is 75.9 Å². The third-order valence-electron chi connectivity index (χ3n) is 2.60. The number of aryl methyl sites for hydroxylation is 1. The second kappa shape index (κ2) is 2.83. The SMILES string of the molecule is Cn1nnc(C(N)=O)c1C1CCC1. The van der Waals surface area contributed by atoms with Gasteiger partial charge in [0.25, 0.3) is 5.91 Å². The van der Waals surface area contributed by atoms with E-state index in [9.17, 15) is 4.79 Å². The van der Waals surface area contributed by atoms with Crippen LogP contribution in [0, 0.1) is 0 Å². The average molecular weight is 180 g/mol. The second-order valence-electron chi connectivity index (χ2n) is 3.44. The van der Waals surface area contributed by atoms with Crippen LogP contribution in [0.5, 0.6) is 0 Å². The quantitative estimate of drug-likeness (QED) is 0.705. The molecule has 1 heterocycles. The summed E-state index contributed by atoms with van der Waals surface area (Å²) >= 11 is 0. The fourth-order valence-electron chi connectivity index (χ4n) is 1.68. The van der Waals surface area contributed by atoms with Crippen LogP contribution in [0.4, 0.5) is 0 Å². The molecule has 13 heavy (non-hydrogen) atoms. The lowest BCUT2D eigenvalue weighted by Gasteiger charge is -2.25. The molecule has 5 nitrogen and oxygen atoms in total. The molecule has 0 atom stereocenters. The number of aromatic nitrogens is 3. The first kappa shape index (κ1) is 8.22. The van der Waals surface area contributed by atoms with Crippen molar-refractivity contribution in [3.63, 3.8) is 0 Å². The van der Waals surface area contributed by atoms with Crippen LogP contribution in [-0.2, 0) is 7.05 Å². The van der Waals surface area contributed by atoms with Gasteiger partial charge in [-0.3, -0.25) is 9.48 Å². The minimum atomic E-state index is -0.477. The van der Waals surface area contributed by atoms with Gasteiger partial charge < -0.3 is 5.73 Å². The number of nitrogens with two attached hydrogens (primary N) is 1. The van der Waals surface area contributed by atoms with E-state index in [1.807, 2.05) is 0 Å². The molecule has 1 aliphatic carbocycles. The van der Waals surface area contributed by atoms with E-state index in [0.717, 1.165) is 18.5 Å². The number of carbonyl (C=O) groups is 1.